The predicted octanol–water partition coefficient (Wildman–Crippen LogP) is 2.23. The van der Waals surface area contributed by atoms with Gasteiger partial charge in [-0.15, -0.1) is 0 Å². The van der Waals surface area contributed by atoms with Crippen LogP contribution in [-0.4, -0.2) is 64.4 Å². The number of hydrogen-bond donors (Lipinski definition) is 2. The smallest absolute Gasteiger partial charge is 0.231 e. The summed E-state index contributed by atoms with van der Waals surface area (Å²) in [6, 6.07) is 6.19. The van der Waals surface area contributed by atoms with Crippen LogP contribution in [-0.2, 0) is 6.54 Å². The van der Waals surface area contributed by atoms with Gasteiger partial charge in [-0.1, -0.05) is 13.0 Å². The third kappa shape index (κ3) is 3.65. The molecule has 1 aromatic carbocycles. The molecule has 0 aliphatic carbocycles. The van der Waals surface area contributed by atoms with E-state index < -0.39 is 0 Å². The molecule has 0 unspecified atom stereocenters. The maximum atomic E-state index is 5.49. The van der Waals surface area contributed by atoms with Gasteiger partial charge in [-0.25, -0.2) is 9.97 Å². The summed E-state index contributed by atoms with van der Waals surface area (Å²) >= 11 is 0. The number of nitrogens with one attached hydrogen (secondary N) is 2. The molecule has 152 valence electrons. The number of aromatic amines is 1. The summed E-state index contributed by atoms with van der Waals surface area (Å²) in [6.07, 6.45) is 2.60. The molecule has 5 rings (SSSR count). The Bertz CT molecular complexity index is 998. The first-order valence-corrected chi connectivity index (χ1v) is 10.1. The second kappa shape index (κ2) is 7.75. The summed E-state index contributed by atoms with van der Waals surface area (Å²) in [5.41, 5.74) is 2.82. The van der Waals surface area contributed by atoms with Crippen molar-refractivity contribution in [2.45, 2.75) is 19.9 Å². The highest BCUT2D eigenvalue weighted by atomic mass is 16.7. The lowest BCUT2D eigenvalue weighted by Crippen LogP contribution is -2.46. The van der Waals surface area contributed by atoms with E-state index in [1.54, 1.807) is 6.33 Å². The van der Waals surface area contributed by atoms with Gasteiger partial charge < -0.3 is 24.7 Å². The number of benzene rings is 1. The summed E-state index contributed by atoms with van der Waals surface area (Å²) in [7, 11) is 0. The highest BCUT2D eigenvalue weighted by Gasteiger charge is 2.22. The number of nitrogens with zero attached hydrogens (tertiary/aromatic N) is 5. The quantitative estimate of drug-likeness (QED) is 0.657. The lowest BCUT2D eigenvalue weighted by atomic mass is 10.1. The second-order valence-corrected chi connectivity index (χ2v) is 7.36. The van der Waals surface area contributed by atoms with Gasteiger partial charge >= 0.3 is 0 Å². The van der Waals surface area contributed by atoms with Crippen LogP contribution in [0, 0.1) is 0 Å². The second-order valence-electron chi connectivity index (χ2n) is 7.36. The van der Waals surface area contributed by atoms with E-state index in [4.69, 9.17) is 9.47 Å². The van der Waals surface area contributed by atoms with Crippen molar-refractivity contribution in [3.05, 3.63) is 30.1 Å². The van der Waals surface area contributed by atoms with Gasteiger partial charge in [0.05, 0.1) is 0 Å². The van der Waals surface area contributed by atoms with Crippen molar-refractivity contribution in [2.75, 3.05) is 49.7 Å². The molecule has 29 heavy (non-hydrogen) atoms. The van der Waals surface area contributed by atoms with Crippen molar-refractivity contribution in [1.82, 2.24) is 24.8 Å². The minimum Gasteiger partial charge on any atom is -0.454 e. The highest BCUT2D eigenvalue weighted by Crippen LogP contribution is 2.33. The van der Waals surface area contributed by atoms with E-state index in [0.29, 0.717) is 12.4 Å². The van der Waals surface area contributed by atoms with E-state index in [1.165, 1.54) is 5.56 Å². The zero-order chi connectivity index (χ0) is 19.6. The Labute approximate surface area is 169 Å². The number of hydrogen-bond acceptors (Lipinski definition) is 8. The predicted molar refractivity (Wildman–Crippen MR) is 111 cm³/mol. The largest absolute Gasteiger partial charge is 0.454 e. The van der Waals surface area contributed by atoms with Crippen LogP contribution < -0.4 is 19.7 Å². The normalized spacial score (nSPS) is 16.5. The summed E-state index contributed by atoms with van der Waals surface area (Å²) < 4.78 is 10.9. The Balaban J connectivity index is 1.23. The van der Waals surface area contributed by atoms with E-state index >= 15 is 0 Å². The van der Waals surface area contributed by atoms with Crippen LogP contribution in [0.5, 0.6) is 11.5 Å². The molecule has 4 heterocycles. The Kier molecular flexibility index (Phi) is 4.81. The maximum Gasteiger partial charge on any atom is 0.231 e. The zero-order valence-corrected chi connectivity index (χ0v) is 16.5. The first-order chi connectivity index (χ1) is 14.3. The number of aromatic nitrogens is 4. The number of piperazine rings is 1. The first-order valence-electron chi connectivity index (χ1n) is 10.1. The van der Waals surface area contributed by atoms with Gasteiger partial charge in [0, 0.05) is 39.3 Å². The van der Waals surface area contributed by atoms with Gasteiger partial charge in [-0.3, -0.25) is 4.90 Å². The van der Waals surface area contributed by atoms with Crippen molar-refractivity contribution in [3.8, 4) is 11.5 Å². The fraction of sp³-hybridized carbons (Fsp3) is 0.450. The Hall–Kier alpha value is -3.07. The average molecular weight is 395 g/mol. The van der Waals surface area contributed by atoms with Gasteiger partial charge in [0.2, 0.25) is 12.7 Å². The van der Waals surface area contributed by atoms with E-state index in [9.17, 15) is 0 Å². The van der Waals surface area contributed by atoms with Crippen LogP contribution >= 0.6 is 0 Å². The Morgan fingerprint density at radius 1 is 1.10 bits per heavy atom. The Morgan fingerprint density at radius 3 is 2.83 bits per heavy atom. The molecule has 3 aromatic rings. The lowest BCUT2D eigenvalue weighted by Gasteiger charge is -2.34. The van der Waals surface area contributed by atoms with Crippen LogP contribution in [0.2, 0.25) is 0 Å². The van der Waals surface area contributed by atoms with Gasteiger partial charge in [0.15, 0.2) is 23.0 Å². The summed E-state index contributed by atoms with van der Waals surface area (Å²) in [5, 5.41) is 3.34. The molecule has 1 fully saturated rings. The van der Waals surface area contributed by atoms with Crippen molar-refractivity contribution in [3.63, 3.8) is 0 Å². The topological polar surface area (TPSA) is 91.4 Å². The molecule has 9 nitrogen and oxygen atoms in total. The number of imidazole rings is 1. The van der Waals surface area contributed by atoms with Crippen molar-refractivity contribution >= 4 is 22.9 Å². The van der Waals surface area contributed by atoms with E-state index in [-0.39, 0.29) is 0 Å². The molecule has 2 aliphatic heterocycles. The maximum absolute atomic E-state index is 5.49. The standard InChI is InChI=1S/C20H25N7O2/c1-2-5-21-18-17-19(23-12-22-18)25-20(24-17)27-8-6-26(7-9-27)11-14-3-4-15-16(10-14)29-13-28-15/h3-4,10,12H,2,5-9,11,13H2,1H3,(H2,21,22,23,24,25). The van der Waals surface area contributed by atoms with Crippen LogP contribution in [0.1, 0.15) is 18.9 Å². The molecule has 0 atom stereocenters. The molecule has 0 radical (unpaired) electrons. The van der Waals surface area contributed by atoms with E-state index in [1.807, 2.05) is 6.07 Å². The number of rotatable bonds is 6. The monoisotopic (exact) mass is 395 g/mol. The molecule has 9 heteroatoms. The van der Waals surface area contributed by atoms with Crippen molar-refractivity contribution < 1.29 is 9.47 Å². The molecule has 1 saturated heterocycles. The third-order valence-corrected chi connectivity index (χ3v) is 5.33. The minimum atomic E-state index is 0.315. The molecular formula is C20H25N7O2. The molecule has 0 spiro atoms. The van der Waals surface area contributed by atoms with Crippen molar-refractivity contribution in [2.24, 2.45) is 0 Å². The number of anilines is 2. The number of fused-ring (bicyclic) bond motifs is 2. The van der Waals surface area contributed by atoms with E-state index in [0.717, 1.165) is 74.5 Å². The fourth-order valence-electron chi connectivity index (χ4n) is 3.76. The summed E-state index contributed by atoms with van der Waals surface area (Å²) in [5.74, 6) is 3.36. The minimum absolute atomic E-state index is 0.315. The van der Waals surface area contributed by atoms with Crippen molar-refractivity contribution in [1.29, 1.82) is 0 Å². The molecule has 2 aliphatic rings. The van der Waals surface area contributed by atoms with Crippen LogP contribution in [0.15, 0.2) is 24.5 Å². The molecule has 2 aromatic heterocycles. The van der Waals surface area contributed by atoms with Gasteiger partial charge in [0.1, 0.15) is 11.8 Å². The van der Waals surface area contributed by atoms with Gasteiger partial charge in [0.25, 0.3) is 0 Å². The highest BCUT2D eigenvalue weighted by molar-refractivity contribution is 5.84. The molecule has 0 saturated carbocycles. The van der Waals surface area contributed by atoms with Crippen LogP contribution in [0.4, 0.5) is 11.8 Å². The zero-order valence-electron chi connectivity index (χ0n) is 16.5. The Morgan fingerprint density at radius 2 is 1.97 bits per heavy atom. The van der Waals surface area contributed by atoms with Crippen LogP contribution in [0.25, 0.3) is 11.2 Å². The molecule has 0 bridgehead atoms. The molecule has 0 amide bonds. The lowest BCUT2D eigenvalue weighted by molar-refractivity contribution is 0.174. The third-order valence-electron chi connectivity index (χ3n) is 5.33. The van der Waals surface area contributed by atoms with Gasteiger partial charge in [-0.05, 0) is 24.1 Å². The fourth-order valence-corrected chi connectivity index (χ4v) is 3.76. The number of H-pyrrole nitrogens is 1. The average Bonchev–Trinajstić information content (AvgIpc) is 3.39. The van der Waals surface area contributed by atoms with Gasteiger partial charge in [-0.2, -0.15) is 4.98 Å². The molecular weight excluding hydrogens is 370 g/mol. The first kappa shape index (κ1) is 18.0. The summed E-state index contributed by atoms with van der Waals surface area (Å²) in [4.78, 5) is 21.5. The van der Waals surface area contributed by atoms with Crippen LogP contribution in [0.3, 0.4) is 0 Å². The SMILES string of the molecule is CCCNc1ncnc2nc(N3CCN(Cc4ccc5c(c4)OCO5)CC3)[nH]c12. The number of ether oxygens (including phenoxy) is 2. The summed E-state index contributed by atoms with van der Waals surface area (Å²) in [6.45, 7) is 7.99. The molecule has 2 N–H and O–H groups in total. The van der Waals surface area contributed by atoms with E-state index in [2.05, 4.69) is 54.1 Å².